The Hall–Kier alpha value is -2.61. The summed E-state index contributed by atoms with van der Waals surface area (Å²) in [7, 11) is 0. The van der Waals surface area contributed by atoms with Gasteiger partial charge in [0.2, 0.25) is 0 Å². The zero-order valence-electron chi connectivity index (χ0n) is 14.3. The molecule has 2 aromatic heterocycles. The first kappa shape index (κ1) is 16.8. The number of aromatic nitrogens is 4. The van der Waals surface area contributed by atoms with Crippen molar-refractivity contribution in [2.24, 2.45) is 0 Å². The molecule has 26 heavy (non-hydrogen) atoms. The number of aryl methyl sites for hydroxylation is 2. The first-order valence-electron chi connectivity index (χ1n) is 8.57. The number of fused-ring (bicyclic) bond motifs is 1. The number of nitrogens with zero attached hydrogens (tertiary/aromatic N) is 4. The van der Waals surface area contributed by atoms with Crippen LogP contribution in [0.5, 0.6) is 0 Å². The number of hydrogen-bond acceptors (Lipinski definition) is 5. The summed E-state index contributed by atoms with van der Waals surface area (Å²) in [5, 5.41) is 11.2. The number of carbonyl (C=O) groups excluding carboxylic acids is 1. The van der Waals surface area contributed by atoms with Crippen LogP contribution in [0.4, 0.5) is 10.1 Å². The quantitative estimate of drug-likeness (QED) is 0.759. The topological polar surface area (TPSA) is 72.7 Å². The Morgan fingerprint density at radius 3 is 2.96 bits per heavy atom. The van der Waals surface area contributed by atoms with Crippen molar-refractivity contribution < 1.29 is 9.18 Å². The van der Waals surface area contributed by atoms with E-state index in [0.717, 1.165) is 37.2 Å². The van der Waals surface area contributed by atoms with Gasteiger partial charge in [0.25, 0.3) is 5.91 Å². The molecule has 0 aliphatic carbocycles. The van der Waals surface area contributed by atoms with Crippen molar-refractivity contribution in [3.05, 3.63) is 45.9 Å². The molecule has 4 rings (SSSR count). The molecule has 1 aliphatic rings. The van der Waals surface area contributed by atoms with Crippen molar-refractivity contribution in [1.82, 2.24) is 19.7 Å². The Morgan fingerprint density at radius 2 is 2.15 bits per heavy atom. The number of amides is 1. The Labute approximate surface area is 154 Å². The first-order valence-corrected chi connectivity index (χ1v) is 9.45. The third-order valence-electron chi connectivity index (χ3n) is 4.53. The number of halogens is 1. The Morgan fingerprint density at radius 1 is 1.27 bits per heavy atom. The summed E-state index contributed by atoms with van der Waals surface area (Å²) in [5.74, 6) is 0.833. The van der Waals surface area contributed by atoms with Gasteiger partial charge in [-0.25, -0.2) is 9.37 Å². The summed E-state index contributed by atoms with van der Waals surface area (Å²) in [6.07, 6.45) is 4.26. The van der Waals surface area contributed by atoms with E-state index in [2.05, 4.69) is 25.1 Å². The van der Waals surface area contributed by atoms with Gasteiger partial charge in [-0.2, -0.15) is 0 Å². The fourth-order valence-corrected chi connectivity index (χ4v) is 3.86. The smallest absolute Gasteiger partial charge is 0.267 e. The van der Waals surface area contributed by atoms with Crippen LogP contribution in [0.15, 0.2) is 23.7 Å². The largest absolute Gasteiger partial charge is 0.319 e. The second-order valence-corrected chi connectivity index (χ2v) is 7.17. The van der Waals surface area contributed by atoms with E-state index >= 15 is 0 Å². The van der Waals surface area contributed by atoms with Crippen LogP contribution < -0.4 is 5.32 Å². The molecular formula is C18H18FN5OS. The monoisotopic (exact) mass is 371 g/mol. The van der Waals surface area contributed by atoms with Gasteiger partial charge in [-0.1, -0.05) is 6.42 Å². The molecule has 0 spiro atoms. The molecule has 1 aliphatic heterocycles. The average Bonchev–Trinajstić information content (AvgIpc) is 3.16. The Balaban J connectivity index is 1.66. The molecule has 3 aromatic rings. The SMILES string of the molecule is Cc1ncsc1C(=O)Nc1cc(-c2nnc3n2CCCCC3)ccc1F. The van der Waals surface area contributed by atoms with Crippen LogP contribution in [0.3, 0.4) is 0 Å². The van der Waals surface area contributed by atoms with Crippen molar-refractivity contribution in [3.8, 4) is 11.4 Å². The predicted octanol–water partition coefficient (Wildman–Crippen LogP) is 3.83. The number of carbonyl (C=O) groups is 1. The third kappa shape index (κ3) is 3.12. The van der Waals surface area contributed by atoms with Crippen LogP contribution in [0.1, 0.15) is 40.5 Å². The number of thiazole rings is 1. The van der Waals surface area contributed by atoms with E-state index in [4.69, 9.17) is 0 Å². The van der Waals surface area contributed by atoms with E-state index < -0.39 is 5.82 Å². The lowest BCUT2D eigenvalue weighted by atomic mass is 10.1. The molecular weight excluding hydrogens is 353 g/mol. The number of benzene rings is 1. The average molecular weight is 371 g/mol. The van der Waals surface area contributed by atoms with Gasteiger partial charge in [0.15, 0.2) is 5.82 Å². The highest BCUT2D eigenvalue weighted by molar-refractivity contribution is 7.12. The summed E-state index contributed by atoms with van der Waals surface area (Å²) in [4.78, 5) is 16.9. The highest BCUT2D eigenvalue weighted by Gasteiger charge is 2.19. The summed E-state index contributed by atoms with van der Waals surface area (Å²) in [5.41, 5.74) is 3.10. The van der Waals surface area contributed by atoms with E-state index in [0.29, 0.717) is 16.4 Å². The van der Waals surface area contributed by atoms with Crippen LogP contribution in [0.2, 0.25) is 0 Å². The van der Waals surface area contributed by atoms with Crippen LogP contribution in [0.25, 0.3) is 11.4 Å². The van der Waals surface area contributed by atoms with E-state index in [1.54, 1.807) is 24.6 Å². The fraction of sp³-hybridized carbons (Fsp3) is 0.333. The van der Waals surface area contributed by atoms with Crippen LogP contribution in [-0.2, 0) is 13.0 Å². The molecule has 1 amide bonds. The van der Waals surface area contributed by atoms with Gasteiger partial charge in [0.1, 0.15) is 16.5 Å². The Kier molecular flexibility index (Phi) is 4.50. The second-order valence-electron chi connectivity index (χ2n) is 6.32. The molecule has 0 saturated carbocycles. The molecule has 3 heterocycles. The standard InChI is InChI=1S/C18H18FN5OS/c1-11-16(26-10-20-11)18(25)21-14-9-12(6-7-13(14)19)17-23-22-15-5-3-2-4-8-24(15)17/h6-7,9-10H,2-5,8H2,1H3,(H,21,25). The summed E-state index contributed by atoms with van der Waals surface area (Å²) < 4.78 is 16.3. The highest BCUT2D eigenvalue weighted by Crippen LogP contribution is 2.27. The maximum atomic E-state index is 14.2. The first-order chi connectivity index (χ1) is 12.6. The lowest BCUT2D eigenvalue weighted by molar-refractivity contribution is 0.102. The van der Waals surface area contributed by atoms with Crippen molar-refractivity contribution >= 4 is 22.9 Å². The molecule has 134 valence electrons. The van der Waals surface area contributed by atoms with Crippen molar-refractivity contribution in [2.45, 2.75) is 39.2 Å². The van der Waals surface area contributed by atoms with Gasteiger partial charge in [0.05, 0.1) is 16.9 Å². The number of anilines is 1. The predicted molar refractivity (Wildman–Crippen MR) is 97.8 cm³/mol. The van der Waals surface area contributed by atoms with Crippen LogP contribution in [0, 0.1) is 12.7 Å². The van der Waals surface area contributed by atoms with Gasteiger partial charge in [-0.3, -0.25) is 4.79 Å². The molecule has 8 heteroatoms. The molecule has 1 aromatic carbocycles. The minimum atomic E-state index is -0.486. The lowest BCUT2D eigenvalue weighted by Gasteiger charge is -2.10. The lowest BCUT2D eigenvalue weighted by Crippen LogP contribution is -2.13. The highest BCUT2D eigenvalue weighted by atomic mass is 32.1. The fourth-order valence-electron chi connectivity index (χ4n) is 3.16. The van der Waals surface area contributed by atoms with Crippen LogP contribution >= 0.6 is 11.3 Å². The van der Waals surface area contributed by atoms with E-state index in [9.17, 15) is 9.18 Å². The number of hydrogen-bond donors (Lipinski definition) is 1. The van der Waals surface area contributed by atoms with E-state index in [-0.39, 0.29) is 11.6 Å². The number of rotatable bonds is 3. The Bertz CT molecular complexity index is 964. The zero-order chi connectivity index (χ0) is 18.1. The minimum Gasteiger partial charge on any atom is -0.319 e. The van der Waals surface area contributed by atoms with Crippen molar-refractivity contribution in [3.63, 3.8) is 0 Å². The maximum Gasteiger partial charge on any atom is 0.267 e. The molecule has 0 fully saturated rings. The maximum absolute atomic E-state index is 14.2. The minimum absolute atomic E-state index is 0.131. The second kappa shape index (κ2) is 6.95. The van der Waals surface area contributed by atoms with Gasteiger partial charge in [0, 0.05) is 18.5 Å². The summed E-state index contributed by atoms with van der Waals surface area (Å²) in [6, 6.07) is 4.64. The zero-order valence-corrected chi connectivity index (χ0v) is 15.1. The van der Waals surface area contributed by atoms with Gasteiger partial charge in [-0.15, -0.1) is 21.5 Å². The molecule has 0 radical (unpaired) electrons. The van der Waals surface area contributed by atoms with E-state index in [1.165, 1.54) is 23.8 Å². The van der Waals surface area contributed by atoms with E-state index in [1.807, 2.05) is 0 Å². The molecule has 1 N–H and O–H groups in total. The molecule has 0 atom stereocenters. The summed E-state index contributed by atoms with van der Waals surface area (Å²) in [6.45, 7) is 2.61. The van der Waals surface area contributed by atoms with Gasteiger partial charge >= 0.3 is 0 Å². The number of nitrogens with one attached hydrogen (secondary N) is 1. The molecule has 0 saturated heterocycles. The van der Waals surface area contributed by atoms with Crippen molar-refractivity contribution in [1.29, 1.82) is 0 Å². The van der Waals surface area contributed by atoms with Gasteiger partial charge in [-0.05, 0) is 38.0 Å². The normalized spacial score (nSPS) is 13.9. The molecule has 0 bridgehead atoms. The third-order valence-corrected chi connectivity index (χ3v) is 5.46. The molecule has 6 nitrogen and oxygen atoms in total. The van der Waals surface area contributed by atoms with Gasteiger partial charge < -0.3 is 9.88 Å². The van der Waals surface area contributed by atoms with Crippen molar-refractivity contribution in [2.75, 3.05) is 5.32 Å². The van der Waals surface area contributed by atoms with Crippen LogP contribution in [-0.4, -0.2) is 25.7 Å². The summed E-state index contributed by atoms with van der Waals surface area (Å²) >= 11 is 1.23. The molecule has 0 unspecified atom stereocenters.